The number of hydrogen-bond donors (Lipinski definition) is 2. The maximum absolute atomic E-state index is 10.5. The molecule has 1 unspecified atom stereocenters. The second-order valence-corrected chi connectivity index (χ2v) is 4.07. The Bertz CT molecular complexity index is 330. The summed E-state index contributed by atoms with van der Waals surface area (Å²) in [5, 5.41) is 11.7. The van der Waals surface area contributed by atoms with Crippen LogP contribution in [0.3, 0.4) is 0 Å². The third-order valence-electron chi connectivity index (χ3n) is 2.55. The van der Waals surface area contributed by atoms with Crippen molar-refractivity contribution in [3.8, 4) is 0 Å². The van der Waals surface area contributed by atoms with Crippen molar-refractivity contribution in [3.05, 3.63) is 17.9 Å². The predicted molar refractivity (Wildman–Crippen MR) is 58.2 cm³/mol. The number of aromatic carboxylic acids is 1. The SMILES string of the molecule is CC(C)C(C)CNc1ccc(C(=O)O)o1. The van der Waals surface area contributed by atoms with Gasteiger partial charge in [0, 0.05) is 12.6 Å². The molecule has 15 heavy (non-hydrogen) atoms. The van der Waals surface area contributed by atoms with Crippen LogP contribution in [0.4, 0.5) is 5.88 Å². The van der Waals surface area contributed by atoms with Crippen LogP contribution in [0.1, 0.15) is 31.3 Å². The molecular weight excluding hydrogens is 194 g/mol. The molecule has 0 radical (unpaired) electrons. The first-order valence-corrected chi connectivity index (χ1v) is 5.07. The first-order valence-electron chi connectivity index (χ1n) is 5.07. The smallest absolute Gasteiger partial charge is 0.371 e. The van der Waals surface area contributed by atoms with Gasteiger partial charge in [-0.1, -0.05) is 20.8 Å². The summed E-state index contributed by atoms with van der Waals surface area (Å²) in [5.74, 6) is 0.546. The van der Waals surface area contributed by atoms with Crippen LogP contribution in [-0.2, 0) is 0 Å². The summed E-state index contributed by atoms with van der Waals surface area (Å²) in [4.78, 5) is 10.5. The molecule has 0 aliphatic heterocycles. The molecule has 1 rings (SSSR count). The molecule has 0 fully saturated rings. The van der Waals surface area contributed by atoms with Crippen molar-refractivity contribution in [1.82, 2.24) is 0 Å². The summed E-state index contributed by atoms with van der Waals surface area (Å²) < 4.78 is 5.06. The average molecular weight is 211 g/mol. The quantitative estimate of drug-likeness (QED) is 0.786. The molecule has 1 aromatic heterocycles. The molecule has 1 atom stereocenters. The molecule has 0 saturated carbocycles. The highest BCUT2D eigenvalue weighted by atomic mass is 16.4. The Balaban J connectivity index is 2.48. The number of furan rings is 1. The average Bonchev–Trinajstić information content (AvgIpc) is 2.62. The molecule has 4 heteroatoms. The number of carbonyl (C=O) groups is 1. The molecule has 2 N–H and O–H groups in total. The van der Waals surface area contributed by atoms with Gasteiger partial charge in [-0.3, -0.25) is 0 Å². The van der Waals surface area contributed by atoms with Gasteiger partial charge in [-0.2, -0.15) is 0 Å². The van der Waals surface area contributed by atoms with Crippen LogP contribution in [-0.4, -0.2) is 17.6 Å². The van der Waals surface area contributed by atoms with E-state index in [0.717, 1.165) is 6.54 Å². The van der Waals surface area contributed by atoms with Crippen LogP contribution in [0, 0.1) is 11.8 Å². The van der Waals surface area contributed by atoms with Crippen molar-refractivity contribution in [2.24, 2.45) is 11.8 Å². The third-order valence-corrected chi connectivity index (χ3v) is 2.55. The Morgan fingerprint density at radius 2 is 2.13 bits per heavy atom. The maximum atomic E-state index is 10.5. The molecule has 4 nitrogen and oxygen atoms in total. The first kappa shape index (κ1) is 11.6. The lowest BCUT2D eigenvalue weighted by molar-refractivity contribution is 0.0663. The van der Waals surface area contributed by atoms with Gasteiger partial charge in [-0.15, -0.1) is 0 Å². The van der Waals surface area contributed by atoms with Gasteiger partial charge in [-0.25, -0.2) is 4.79 Å². The van der Waals surface area contributed by atoms with Gasteiger partial charge in [-0.05, 0) is 17.9 Å². The molecule has 0 aliphatic carbocycles. The van der Waals surface area contributed by atoms with Gasteiger partial charge in [0.25, 0.3) is 0 Å². The van der Waals surface area contributed by atoms with E-state index in [2.05, 4.69) is 26.1 Å². The fourth-order valence-corrected chi connectivity index (χ4v) is 1.05. The van der Waals surface area contributed by atoms with Crippen molar-refractivity contribution in [3.63, 3.8) is 0 Å². The number of carboxylic acid groups (broad SMARTS) is 1. The zero-order valence-corrected chi connectivity index (χ0v) is 9.28. The summed E-state index contributed by atoms with van der Waals surface area (Å²) in [7, 11) is 0. The number of carboxylic acids is 1. The van der Waals surface area contributed by atoms with Gasteiger partial charge >= 0.3 is 5.97 Å². The van der Waals surface area contributed by atoms with Crippen LogP contribution in [0.15, 0.2) is 16.5 Å². The first-order chi connectivity index (χ1) is 7.00. The molecule has 0 amide bonds. The highest BCUT2D eigenvalue weighted by Crippen LogP contribution is 2.15. The highest BCUT2D eigenvalue weighted by Gasteiger charge is 2.10. The molecule has 0 spiro atoms. The van der Waals surface area contributed by atoms with E-state index in [9.17, 15) is 4.79 Å². The van der Waals surface area contributed by atoms with Crippen LogP contribution in [0.2, 0.25) is 0 Å². The molecule has 0 bridgehead atoms. The molecule has 1 aromatic rings. The fourth-order valence-electron chi connectivity index (χ4n) is 1.05. The molecule has 0 aromatic carbocycles. The normalized spacial score (nSPS) is 12.8. The summed E-state index contributed by atoms with van der Waals surface area (Å²) in [6.45, 7) is 7.22. The van der Waals surface area contributed by atoms with E-state index in [1.807, 2.05) is 0 Å². The lowest BCUT2D eigenvalue weighted by Gasteiger charge is -2.15. The molecule has 84 valence electrons. The maximum Gasteiger partial charge on any atom is 0.371 e. The minimum absolute atomic E-state index is 0.0327. The van der Waals surface area contributed by atoms with E-state index < -0.39 is 5.97 Å². The van der Waals surface area contributed by atoms with Crippen LogP contribution < -0.4 is 5.32 Å². The number of rotatable bonds is 5. The van der Waals surface area contributed by atoms with Crippen LogP contribution in [0.25, 0.3) is 0 Å². The third kappa shape index (κ3) is 3.31. The summed E-state index contributed by atoms with van der Waals surface area (Å²) >= 11 is 0. The minimum Gasteiger partial charge on any atom is -0.475 e. The van der Waals surface area contributed by atoms with Crippen molar-refractivity contribution >= 4 is 11.9 Å². The Kier molecular flexibility index (Phi) is 3.77. The van der Waals surface area contributed by atoms with Gasteiger partial charge in [0.2, 0.25) is 5.76 Å². The van der Waals surface area contributed by atoms with E-state index >= 15 is 0 Å². The Labute approximate surface area is 89.3 Å². The van der Waals surface area contributed by atoms with E-state index in [-0.39, 0.29) is 5.76 Å². The van der Waals surface area contributed by atoms with Gasteiger partial charge in [0.05, 0.1) is 0 Å². The fraction of sp³-hybridized carbons (Fsp3) is 0.545. The number of anilines is 1. The second kappa shape index (κ2) is 4.87. The Morgan fingerprint density at radius 3 is 2.60 bits per heavy atom. The Morgan fingerprint density at radius 1 is 1.47 bits per heavy atom. The van der Waals surface area contributed by atoms with Crippen molar-refractivity contribution in [2.45, 2.75) is 20.8 Å². The van der Waals surface area contributed by atoms with Crippen LogP contribution in [0.5, 0.6) is 0 Å². The summed E-state index contributed by atoms with van der Waals surface area (Å²) in [6, 6.07) is 3.08. The molecule has 0 saturated heterocycles. The largest absolute Gasteiger partial charge is 0.475 e. The number of hydrogen-bond acceptors (Lipinski definition) is 3. The standard InChI is InChI=1S/C11H17NO3/c1-7(2)8(3)6-12-10-5-4-9(15-10)11(13)14/h4-5,7-8,12H,6H2,1-3H3,(H,13,14). The predicted octanol–water partition coefficient (Wildman–Crippen LogP) is 2.68. The van der Waals surface area contributed by atoms with Crippen LogP contribution >= 0.6 is 0 Å². The summed E-state index contributed by atoms with van der Waals surface area (Å²) in [5.41, 5.74) is 0. The van der Waals surface area contributed by atoms with E-state index in [0.29, 0.717) is 17.7 Å². The topological polar surface area (TPSA) is 62.5 Å². The van der Waals surface area contributed by atoms with E-state index in [1.165, 1.54) is 6.07 Å². The lowest BCUT2D eigenvalue weighted by Crippen LogP contribution is -2.15. The molecular formula is C11H17NO3. The van der Waals surface area contributed by atoms with Crippen molar-refractivity contribution in [1.29, 1.82) is 0 Å². The Hall–Kier alpha value is -1.45. The van der Waals surface area contributed by atoms with E-state index in [4.69, 9.17) is 9.52 Å². The van der Waals surface area contributed by atoms with Gasteiger partial charge < -0.3 is 14.8 Å². The minimum atomic E-state index is -1.04. The zero-order valence-electron chi connectivity index (χ0n) is 9.28. The molecule has 1 heterocycles. The van der Waals surface area contributed by atoms with Gasteiger partial charge in [0.1, 0.15) is 0 Å². The zero-order chi connectivity index (χ0) is 11.4. The highest BCUT2D eigenvalue weighted by molar-refractivity contribution is 5.84. The van der Waals surface area contributed by atoms with Crippen molar-refractivity contribution < 1.29 is 14.3 Å². The lowest BCUT2D eigenvalue weighted by atomic mass is 9.98. The second-order valence-electron chi connectivity index (χ2n) is 4.07. The van der Waals surface area contributed by atoms with E-state index in [1.54, 1.807) is 6.07 Å². The summed E-state index contributed by atoms with van der Waals surface area (Å²) in [6.07, 6.45) is 0. The monoisotopic (exact) mass is 211 g/mol. The number of nitrogens with one attached hydrogen (secondary N) is 1. The molecule has 0 aliphatic rings. The van der Waals surface area contributed by atoms with Gasteiger partial charge in [0.15, 0.2) is 5.88 Å². The van der Waals surface area contributed by atoms with Crippen molar-refractivity contribution in [2.75, 3.05) is 11.9 Å².